The molecule has 0 spiro atoms. The zero-order valence-electron chi connectivity index (χ0n) is 9.41. The van der Waals surface area contributed by atoms with Gasteiger partial charge in [-0.1, -0.05) is 41.0 Å². The summed E-state index contributed by atoms with van der Waals surface area (Å²) >= 11 is 0. The Kier molecular flexibility index (Phi) is 16.3. The first-order valence-corrected chi connectivity index (χ1v) is 5.13. The van der Waals surface area contributed by atoms with Gasteiger partial charge in [-0.2, -0.15) is 0 Å². The van der Waals surface area contributed by atoms with Gasteiger partial charge in [-0.15, -0.1) is 0 Å². The minimum Gasteiger partial charge on any atom is -0.316 e. The average Bonchev–Trinajstić information content (AvgIpc) is 1.99. The van der Waals surface area contributed by atoms with Crippen LogP contribution in [0.15, 0.2) is 0 Å². The molecule has 0 aliphatic carbocycles. The van der Waals surface area contributed by atoms with Crippen LogP contribution in [0.4, 0.5) is 0 Å². The molecule has 0 amide bonds. The molecule has 12 heavy (non-hydrogen) atoms. The van der Waals surface area contributed by atoms with Crippen LogP contribution >= 0.6 is 0 Å². The summed E-state index contributed by atoms with van der Waals surface area (Å²) in [5, 5.41) is 6.56. The Morgan fingerprint density at radius 1 is 1.00 bits per heavy atom. The number of nitrogens with one attached hydrogen (secondary N) is 2. The van der Waals surface area contributed by atoms with Crippen molar-refractivity contribution in [2.24, 2.45) is 0 Å². The van der Waals surface area contributed by atoms with Gasteiger partial charge in [0, 0.05) is 19.1 Å². The first-order chi connectivity index (χ1) is 5.68. The lowest BCUT2D eigenvalue weighted by atomic mass is 10.4. The van der Waals surface area contributed by atoms with Crippen molar-refractivity contribution >= 4 is 0 Å². The van der Waals surface area contributed by atoms with Gasteiger partial charge >= 0.3 is 0 Å². The van der Waals surface area contributed by atoms with Crippen molar-refractivity contribution < 1.29 is 0 Å². The van der Waals surface area contributed by atoms with Crippen LogP contribution in [0.5, 0.6) is 0 Å². The maximum Gasteiger partial charge on any atom is 0.00790 e. The predicted octanol–water partition coefficient (Wildman–Crippen LogP) is 2.01. The van der Waals surface area contributed by atoms with Crippen molar-refractivity contribution in [2.45, 2.75) is 47.1 Å². The molecule has 0 saturated carbocycles. The molecule has 0 aromatic rings. The third-order valence-corrected chi connectivity index (χ3v) is 1.10. The molecule has 0 fully saturated rings. The summed E-state index contributed by atoms with van der Waals surface area (Å²) in [6, 6.07) is 0.614. The van der Waals surface area contributed by atoms with Crippen molar-refractivity contribution in [3.63, 3.8) is 0 Å². The van der Waals surface area contributed by atoms with Crippen molar-refractivity contribution in [2.75, 3.05) is 19.6 Å². The monoisotopic (exact) mass is 174 g/mol. The van der Waals surface area contributed by atoms with Crippen LogP contribution < -0.4 is 10.6 Å². The first-order valence-electron chi connectivity index (χ1n) is 5.13. The van der Waals surface area contributed by atoms with Crippen LogP contribution in [0.3, 0.4) is 0 Å². The molecule has 76 valence electrons. The van der Waals surface area contributed by atoms with E-state index >= 15 is 0 Å². The van der Waals surface area contributed by atoms with E-state index < -0.39 is 0 Å². The number of likely N-dealkylation sites (N-methyl/N-ethyl adjacent to an activating group) is 1. The maximum atomic E-state index is 3.32. The Morgan fingerprint density at radius 3 is 1.83 bits per heavy atom. The Balaban J connectivity index is 0. The highest BCUT2D eigenvalue weighted by molar-refractivity contribution is 4.53. The average molecular weight is 174 g/mol. The number of hydrogen-bond acceptors (Lipinski definition) is 2. The molecule has 2 nitrogen and oxygen atoms in total. The lowest BCUT2D eigenvalue weighted by molar-refractivity contribution is 0.562. The maximum absolute atomic E-state index is 3.32. The van der Waals surface area contributed by atoms with Crippen molar-refractivity contribution in [3.8, 4) is 0 Å². The van der Waals surface area contributed by atoms with Crippen LogP contribution in [0.25, 0.3) is 0 Å². The molecule has 0 aromatic carbocycles. The van der Waals surface area contributed by atoms with Gasteiger partial charge in [0.05, 0.1) is 0 Å². The molecule has 0 rings (SSSR count). The lowest BCUT2D eigenvalue weighted by Crippen LogP contribution is -2.31. The van der Waals surface area contributed by atoms with Crippen LogP contribution in [0.2, 0.25) is 0 Å². The molecule has 0 heterocycles. The molecule has 0 saturated heterocycles. The highest BCUT2D eigenvalue weighted by atomic mass is 14.9. The summed E-state index contributed by atoms with van der Waals surface area (Å²) in [5.74, 6) is 0. The van der Waals surface area contributed by atoms with E-state index in [9.17, 15) is 0 Å². The molecule has 0 bridgehead atoms. The summed E-state index contributed by atoms with van der Waals surface area (Å²) in [4.78, 5) is 0. The molecule has 2 heteroatoms. The summed E-state index contributed by atoms with van der Waals surface area (Å²) in [7, 11) is 0. The standard InChI is InChI=1S/C7H18N2.C3H8/c1-4-8-5-6-9-7(2)3;1-3-2/h7-9H,4-6H2,1-3H3;3H2,1-2H3. The molecule has 0 unspecified atom stereocenters. The van der Waals surface area contributed by atoms with Gasteiger partial charge in [-0.25, -0.2) is 0 Å². The van der Waals surface area contributed by atoms with Gasteiger partial charge in [0.15, 0.2) is 0 Å². The highest BCUT2D eigenvalue weighted by Crippen LogP contribution is 1.72. The number of hydrogen-bond donors (Lipinski definition) is 2. The van der Waals surface area contributed by atoms with E-state index in [0.29, 0.717) is 6.04 Å². The topological polar surface area (TPSA) is 24.1 Å². The Morgan fingerprint density at radius 2 is 1.50 bits per heavy atom. The summed E-state index contributed by atoms with van der Waals surface area (Å²) in [5.41, 5.74) is 0. The van der Waals surface area contributed by atoms with E-state index in [2.05, 4.69) is 45.3 Å². The fourth-order valence-electron chi connectivity index (χ4n) is 0.626. The van der Waals surface area contributed by atoms with E-state index in [4.69, 9.17) is 0 Å². The molecular formula is C10H26N2. The van der Waals surface area contributed by atoms with Crippen molar-refractivity contribution in [1.29, 1.82) is 0 Å². The van der Waals surface area contributed by atoms with Gasteiger partial charge in [-0.05, 0) is 6.54 Å². The third-order valence-electron chi connectivity index (χ3n) is 1.10. The zero-order chi connectivity index (χ0) is 9.82. The second-order valence-electron chi connectivity index (χ2n) is 3.17. The minimum atomic E-state index is 0.614. The Labute approximate surface area is 78.1 Å². The van der Waals surface area contributed by atoms with Crippen LogP contribution in [0.1, 0.15) is 41.0 Å². The summed E-state index contributed by atoms with van der Waals surface area (Å²) in [6.45, 7) is 13.9. The highest BCUT2D eigenvalue weighted by Gasteiger charge is 1.88. The summed E-state index contributed by atoms with van der Waals surface area (Å²) in [6.07, 6.45) is 1.25. The summed E-state index contributed by atoms with van der Waals surface area (Å²) < 4.78 is 0. The van der Waals surface area contributed by atoms with Gasteiger partial charge in [0.25, 0.3) is 0 Å². The third kappa shape index (κ3) is 22.5. The van der Waals surface area contributed by atoms with Crippen molar-refractivity contribution in [3.05, 3.63) is 0 Å². The second-order valence-corrected chi connectivity index (χ2v) is 3.17. The molecule has 0 atom stereocenters. The largest absolute Gasteiger partial charge is 0.316 e. The quantitative estimate of drug-likeness (QED) is 0.623. The normalized spacial score (nSPS) is 9.50. The fourth-order valence-corrected chi connectivity index (χ4v) is 0.626. The molecular weight excluding hydrogens is 148 g/mol. The van der Waals surface area contributed by atoms with Crippen molar-refractivity contribution in [1.82, 2.24) is 10.6 Å². The van der Waals surface area contributed by atoms with Crippen LogP contribution in [-0.4, -0.2) is 25.7 Å². The van der Waals surface area contributed by atoms with E-state index in [1.807, 2.05) is 0 Å². The van der Waals surface area contributed by atoms with E-state index in [0.717, 1.165) is 19.6 Å². The predicted molar refractivity (Wildman–Crippen MR) is 57.6 cm³/mol. The Hall–Kier alpha value is -0.0800. The minimum absolute atomic E-state index is 0.614. The van der Waals surface area contributed by atoms with Gasteiger partial charge < -0.3 is 10.6 Å². The van der Waals surface area contributed by atoms with Gasteiger partial charge in [0.2, 0.25) is 0 Å². The molecule has 0 radical (unpaired) electrons. The SMILES string of the molecule is CCC.CCNCCNC(C)C. The van der Waals surface area contributed by atoms with Crippen LogP contribution in [0, 0.1) is 0 Å². The lowest BCUT2D eigenvalue weighted by Gasteiger charge is -2.06. The fraction of sp³-hybridized carbons (Fsp3) is 1.00. The van der Waals surface area contributed by atoms with Gasteiger partial charge in [-0.3, -0.25) is 0 Å². The first kappa shape index (κ1) is 14.4. The van der Waals surface area contributed by atoms with E-state index in [1.165, 1.54) is 6.42 Å². The molecule has 2 N–H and O–H groups in total. The number of rotatable bonds is 5. The van der Waals surface area contributed by atoms with E-state index in [1.54, 1.807) is 0 Å². The molecule has 0 aliphatic rings. The zero-order valence-corrected chi connectivity index (χ0v) is 9.41. The molecule has 0 aliphatic heterocycles. The second kappa shape index (κ2) is 13.5. The molecule has 0 aromatic heterocycles. The van der Waals surface area contributed by atoms with Crippen LogP contribution in [-0.2, 0) is 0 Å². The Bertz CT molecular complexity index is 62.9. The van der Waals surface area contributed by atoms with E-state index in [-0.39, 0.29) is 0 Å². The van der Waals surface area contributed by atoms with Gasteiger partial charge in [0.1, 0.15) is 0 Å². The smallest absolute Gasteiger partial charge is 0.00790 e.